The van der Waals surface area contributed by atoms with Crippen molar-refractivity contribution < 1.29 is 27.1 Å². The molecule has 1 aromatic carbocycles. The van der Waals surface area contributed by atoms with E-state index in [1.807, 2.05) is 0 Å². The van der Waals surface area contributed by atoms with Crippen LogP contribution >= 0.6 is 0 Å². The fourth-order valence-corrected chi connectivity index (χ4v) is 2.69. The van der Waals surface area contributed by atoms with Gasteiger partial charge in [0, 0.05) is 17.7 Å². The maximum Gasteiger partial charge on any atom is 0.304 e. The molecule has 1 atom stereocenters. The van der Waals surface area contributed by atoms with Crippen LogP contribution in [0.1, 0.15) is 24.9 Å². The van der Waals surface area contributed by atoms with Crippen LogP contribution in [0.4, 0.5) is 8.78 Å². The van der Waals surface area contributed by atoms with Crippen LogP contribution in [0.15, 0.2) is 18.2 Å². The number of benzene rings is 1. The van der Waals surface area contributed by atoms with Crippen molar-refractivity contribution in [2.24, 2.45) is 0 Å². The molecule has 1 aromatic rings. The molecular weight excluding hydrogens is 280 g/mol. The van der Waals surface area contributed by atoms with E-state index in [1.165, 1.54) is 6.92 Å². The highest BCUT2D eigenvalue weighted by atomic mass is 32.2. The van der Waals surface area contributed by atoms with E-state index in [0.717, 1.165) is 12.1 Å². The smallest absolute Gasteiger partial charge is 0.304 e. The van der Waals surface area contributed by atoms with Gasteiger partial charge in [0.15, 0.2) is 0 Å². The summed E-state index contributed by atoms with van der Waals surface area (Å²) >= 11 is 0. The molecule has 106 valence electrons. The average molecular weight is 293 g/mol. The quantitative estimate of drug-likeness (QED) is 0.831. The van der Waals surface area contributed by atoms with E-state index in [-0.39, 0.29) is 5.56 Å². The Bertz CT molecular complexity index is 574. The minimum absolute atomic E-state index is 0.0136. The van der Waals surface area contributed by atoms with Gasteiger partial charge in [0.2, 0.25) is 10.0 Å². The van der Waals surface area contributed by atoms with E-state index in [2.05, 4.69) is 4.72 Å². The molecule has 1 rings (SSSR count). The van der Waals surface area contributed by atoms with E-state index in [4.69, 9.17) is 5.11 Å². The number of sulfonamides is 1. The number of hydrogen-bond acceptors (Lipinski definition) is 3. The number of nitrogens with one attached hydrogen (secondary N) is 1. The number of rotatable bonds is 6. The van der Waals surface area contributed by atoms with Crippen LogP contribution < -0.4 is 4.72 Å². The molecule has 0 aliphatic heterocycles. The number of aliphatic carboxylic acids is 1. The zero-order valence-electron chi connectivity index (χ0n) is 10.1. The predicted octanol–water partition coefficient (Wildman–Crippen LogP) is 1.42. The molecule has 0 fully saturated rings. The Balaban J connectivity index is 2.78. The van der Waals surface area contributed by atoms with Crippen LogP contribution in [-0.2, 0) is 14.8 Å². The van der Waals surface area contributed by atoms with E-state index >= 15 is 0 Å². The Morgan fingerprint density at radius 1 is 1.42 bits per heavy atom. The second-order valence-corrected chi connectivity index (χ2v) is 5.84. The first-order valence-corrected chi connectivity index (χ1v) is 7.03. The van der Waals surface area contributed by atoms with E-state index in [9.17, 15) is 22.0 Å². The summed E-state index contributed by atoms with van der Waals surface area (Å²) in [7, 11) is -3.84. The zero-order valence-corrected chi connectivity index (χ0v) is 10.9. The molecule has 0 saturated heterocycles. The van der Waals surface area contributed by atoms with E-state index in [0.29, 0.717) is 6.07 Å². The summed E-state index contributed by atoms with van der Waals surface area (Å²) in [5, 5.41) is 8.41. The molecule has 2 N–H and O–H groups in total. The summed E-state index contributed by atoms with van der Waals surface area (Å²) in [5.41, 5.74) is -0.0136. The predicted molar refractivity (Wildman–Crippen MR) is 63.9 cm³/mol. The normalized spacial score (nSPS) is 13.2. The van der Waals surface area contributed by atoms with Crippen molar-refractivity contribution in [2.45, 2.75) is 19.4 Å². The lowest BCUT2D eigenvalue weighted by molar-refractivity contribution is -0.136. The Morgan fingerprint density at radius 2 is 2.05 bits per heavy atom. The molecule has 0 aliphatic rings. The van der Waals surface area contributed by atoms with Gasteiger partial charge in [0.25, 0.3) is 0 Å². The Hall–Kier alpha value is -1.54. The minimum atomic E-state index is -3.84. The van der Waals surface area contributed by atoms with Gasteiger partial charge in [-0.25, -0.2) is 21.9 Å². The van der Waals surface area contributed by atoms with Crippen LogP contribution in [-0.4, -0.2) is 25.2 Å². The molecular formula is C11H13F2NO4S. The molecule has 5 nitrogen and oxygen atoms in total. The molecule has 0 amide bonds. The number of carboxylic acid groups (broad SMARTS) is 1. The van der Waals surface area contributed by atoms with Crippen molar-refractivity contribution in [1.29, 1.82) is 0 Å². The van der Waals surface area contributed by atoms with Crippen molar-refractivity contribution in [1.82, 2.24) is 4.72 Å². The lowest BCUT2D eigenvalue weighted by atomic mass is 10.1. The number of halogens is 2. The molecule has 0 aliphatic carbocycles. The van der Waals surface area contributed by atoms with Gasteiger partial charge in [-0.05, 0) is 13.0 Å². The van der Waals surface area contributed by atoms with Crippen LogP contribution in [0.25, 0.3) is 0 Å². The fraction of sp³-hybridized carbons (Fsp3) is 0.364. The standard InChI is InChI=1S/C11H13F2NO4S/c1-7(9-3-2-8(12)6-10(9)13)14-19(17,18)5-4-11(15)16/h2-3,6-7,14H,4-5H2,1H3,(H,15,16). The van der Waals surface area contributed by atoms with Crippen molar-refractivity contribution >= 4 is 16.0 Å². The molecule has 8 heteroatoms. The lowest BCUT2D eigenvalue weighted by Gasteiger charge is -2.15. The van der Waals surface area contributed by atoms with Crippen molar-refractivity contribution in [3.05, 3.63) is 35.4 Å². The first-order chi connectivity index (χ1) is 8.71. The largest absolute Gasteiger partial charge is 0.481 e. The highest BCUT2D eigenvalue weighted by Gasteiger charge is 2.19. The van der Waals surface area contributed by atoms with Gasteiger partial charge < -0.3 is 5.11 Å². The van der Waals surface area contributed by atoms with E-state index in [1.54, 1.807) is 0 Å². The third-order valence-electron chi connectivity index (χ3n) is 2.37. The van der Waals surface area contributed by atoms with Gasteiger partial charge in [-0.2, -0.15) is 0 Å². The van der Waals surface area contributed by atoms with Crippen LogP contribution in [0.3, 0.4) is 0 Å². The summed E-state index contributed by atoms with van der Waals surface area (Å²) in [4.78, 5) is 10.3. The third kappa shape index (κ3) is 4.92. The number of carbonyl (C=O) groups is 1. The Labute approximate surface area is 109 Å². The van der Waals surface area contributed by atoms with Gasteiger partial charge in [-0.15, -0.1) is 0 Å². The topological polar surface area (TPSA) is 83.5 Å². The van der Waals surface area contributed by atoms with Gasteiger partial charge in [-0.1, -0.05) is 6.07 Å². The van der Waals surface area contributed by atoms with Crippen LogP contribution in [0, 0.1) is 11.6 Å². The molecule has 0 heterocycles. The maximum absolute atomic E-state index is 13.4. The zero-order chi connectivity index (χ0) is 14.6. The summed E-state index contributed by atoms with van der Waals surface area (Å²) in [5.74, 6) is -3.48. The van der Waals surface area contributed by atoms with Crippen LogP contribution in [0.2, 0.25) is 0 Å². The molecule has 0 saturated carbocycles. The average Bonchev–Trinajstić information content (AvgIpc) is 2.25. The summed E-state index contributed by atoms with van der Waals surface area (Å²) < 4.78 is 51.3. The second-order valence-electron chi connectivity index (χ2n) is 3.97. The van der Waals surface area contributed by atoms with Gasteiger partial charge in [0.05, 0.1) is 12.2 Å². The van der Waals surface area contributed by atoms with E-state index < -0.39 is 45.8 Å². The molecule has 0 aromatic heterocycles. The summed E-state index contributed by atoms with van der Waals surface area (Å²) in [6.45, 7) is 1.38. The van der Waals surface area contributed by atoms with Crippen molar-refractivity contribution in [3.63, 3.8) is 0 Å². The van der Waals surface area contributed by atoms with Crippen molar-refractivity contribution in [2.75, 3.05) is 5.75 Å². The molecule has 0 bridgehead atoms. The second kappa shape index (κ2) is 6.07. The summed E-state index contributed by atoms with van der Waals surface area (Å²) in [6, 6.07) is 1.88. The molecule has 0 spiro atoms. The monoisotopic (exact) mass is 293 g/mol. The first kappa shape index (κ1) is 15.5. The minimum Gasteiger partial charge on any atom is -0.481 e. The third-order valence-corrected chi connectivity index (χ3v) is 3.82. The number of carboxylic acids is 1. The fourth-order valence-electron chi connectivity index (χ4n) is 1.47. The molecule has 0 radical (unpaired) electrons. The maximum atomic E-state index is 13.4. The summed E-state index contributed by atoms with van der Waals surface area (Å²) in [6.07, 6.45) is -0.548. The Kier molecular flexibility index (Phi) is 4.96. The van der Waals surface area contributed by atoms with Gasteiger partial charge in [0.1, 0.15) is 11.6 Å². The number of hydrogen-bond donors (Lipinski definition) is 2. The van der Waals surface area contributed by atoms with Gasteiger partial charge >= 0.3 is 5.97 Å². The highest BCUT2D eigenvalue weighted by Crippen LogP contribution is 2.18. The van der Waals surface area contributed by atoms with Crippen molar-refractivity contribution in [3.8, 4) is 0 Å². The molecule has 1 unspecified atom stereocenters. The molecule has 19 heavy (non-hydrogen) atoms. The van der Waals surface area contributed by atoms with Crippen LogP contribution in [0.5, 0.6) is 0 Å². The highest BCUT2D eigenvalue weighted by molar-refractivity contribution is 7.89. The van der Waals surface area contributed by atoms with Gasteiger partial charge in [-0.3, -0.25) is 4.79 Å². The Morgan fingerprint density at radius 3 is 2.58 bits per heavy atom. The lowest BCUT2D eigenvalue weighted by Crippen LogP contribution is -2.30. The SMILES string of the molecule is CC(NS(=O)(=O)CCC(=O)O)c1ccc(F)cc1F. The first-order valence-electron chi connectivity index (χ1n) is 5.38.